The Hall–Kier alpha value is -3.62. The molecular formula is C33H41F3N6O4S. The second-order valence-corrected chi connectivity index (χ2v) is 13.6. The summed E-state index contributed by atoms with van der Waals surface area (Å²) in [7, 11) is 0. The van der Waals surface area contributed by atoms with Gasteiger partial charge >= 0.3 is 12.1 Å². The molecule has 0 aliphatic carbocycles. The Kier molecular flexibility index (Phi) is 10.8. The van der Waals surface area contributed by atoms with Gasteiger partial charge in [-0.1, -0.05) is 6.92 Å². The molecule has 1 N–H and O–H groups in total. The van der Waals surface area contributed by atoms with Gasteiger partial charge in [-0.3, -0.25) is 19.4 Å². The van der Waals surface area contributed by atoms with Gasteiger partial charge in [0, 0.05) is 48.7 Å². The highest BCUT2D eigenvalue weighted by Gasteiger charge is 2.36. The standard InChI is InChI=1S/C33H41F3N6O4S/c1-5-23-7-6-10-41(23)18-28-32(22-8-9-27(46-20(2)3)24(13-22)33(34,35)36)39-30(47-28)14-26(43)25-15-38-29(16-37-25)42-12-11-40(17-21(42)4)19-31(44)45/h8-9,13,15-16,20-21,23H,5-7,10-12,14,17-19H2,1-4H3,(H,44,45)/t21-,23-/m1/s1. The first-order valence-electron chi connectivity index (χ1n) is 16.0. The van der Waals surface area contributed by atoms with E-state index in [1.807, 2.05) is 16.7 Å². The Morgan fingerprint density at radius 2 is 1.94 bits per heavy atom. The molecule has 1 aromatic carbocycles. The summed E-state index contributed by atoms with van der Waals surface area (Å²) in [5.74, 6) is -0.787. The second-order valence-electron chi connectivity index (χ2n) is 12.5. The van der Waals surface area contributed by atoms with Crippen molar-refractivity contribution in [2.45, 2.75) is 84.3 Å². The van der Waals surface area contributed by atoms with Crippen LogP contribution in [0.2, 0.25) is 0 Å². The molecule has 0 amide bonds. The minimum absolute atomic E-state index is 0.0119. The van der Waals surface area contributed by atoms with Crippen LogP contribution in [0.3, 0.4) is 0 Å². The smallest absolute Gasteiger partial charge is 0.419 e. The second kappa shape index (κ2) is 14.7. The molecule has 0 saturated carbocycles. The molecule has 0 spiro atoms. The number of hydrogen-bond acceptors (Lipinski definition) is 10. The van der Waals surface area contributed by atoms with Gasteiger partial charge in [-0.05, 0) is 64.8 Å². The van der Waals surface area contributed by atoms with Crippen molar-refractivity contribution in [2.24, 2.45) is 0 Å². The van der Waals surface area contributed by atoms with Crippen molar-refractivity contribution >= 4 is 28.9 Å². The van der Waals surface area contributed by atoms with Crippen LogP contribution in [0.15, 0.2) is 30.6 Å². The van der Waals surface area contributed by atoms with Crippen LogP contribution in [-0.4, -0.2) is 92.5 Å². The third-order valence-corrected chi connectivity index (χ3v) is 9.62. The first-order chi connectivity index (χ1) is 22.3. The Morgan fingerprint density at radius 3 is 2.57 bits per heavy atom. The number of Topliss-reactive ketones (excluding diaryl/α,β-unsaturated/α-hetero) is 1. The summed E-state index contributed by atoms with van der Waals surface area (Å²) in [6.45, 7) is 10.6. The third-order valence-electron chi connectivity index (χ3n) is 8.58. The van der Waals surface area contributed by atoms with Crippen LogP contribution in [0.1, 0.15) is 72.9 Å². The van der Waals surface area contributed by atoms with Crippen molar-refractivity contribution < 1.29 is 32.6 Å². The topological polar surface area (TPSA) is 112 Å². The molecule has 3 aromatic rings. The number of carboxylic acid groups (broad SMARTS) is 1. The lowest BCUT2D eigenvalue weighted by Crippen LogP contribution is -2.53. The summed E-state index contributed by atoms with van der Waals surface area (Å²) in [5.41, 5.74) is 0.0798. The summed E-state index contributed by atoms with van der Waals surface area (Å²) in [4.78, 5) is 45.1. The lowest BCUT2D eigenvalue weighted by molar-refractivity contribution is -0.139. The van der Waals surface area contributed by atoms with Gasteiger partial charge in [0.05, 0.1) is 42.7 Å². The summed E-state index contributed by atoms with van der Waals surface area (Å²) < 4.78 is 47.9. The fourth-order valence-corrected chi connectivity index (χ4v) is 7.48. The van der Waals surface area contributed by atoms with Gasteiger partial charge in [-0.15, -0.1) is 11.3 Å². The summed E-state index contributed by atoms with van der Waals surface area (Å²) in [6.07, 6.45) is 0.981. The van der Waals surface area contributed by atoms with E-state index in [2.05, 4.69) is 21.8 Å². The molecule has 2 aliphatic heterocycles. The number of aromatic nitrogens is 3. The quantitative estimate of drug-likeness (QED) is 0.237. The van der Waals surface area contributed by atoms with Crippen LogP contribution in [0.5, 0.6) is 5.75 Å². The van der Waals surface area contributed by atoms with Gasteiger partial charge in [0.25, 0.3) is 0 Å². The molecular weight excluding hydrogens is 633 g/mol. The average molecular weight is 675 g/mol. The number of nitrogens with zero attached hydrogens (tertiary/aromatic N) is 6. The number of thiazole rings is 1. The molecule has 5 rings (SSSR count). The molecule has 2 aromatic heterocycles. The number of ketones is 1. The predicted molar refractivity (Wildman–Crippen MR) is 173 cm³/mol. The fourth-order valence-electron chi connectivity index (χ4n) is 6.36. The van der Waals surface area contributed by atoms with E-state index >= 15 is 0 Å². The number of alkyl halides is 3. The van der Waals surface area contributed by atoms with Crippen LogP contribution in [-0.2, 0) is 23.9 Å². The average Bonchev–Trinajstić information content (AvgIpc) is 3.63. The molecule has 2 atom stereocenters. The minimum atomic E-state index is -4.62. The first kappa shape index (κ1) is 34.7. The number of carboxylic acids is 1. The van der Waals surface area contributed by atoms with Gasteiger partial charge < -0.3 is 14.7 Å². The summed E-state index contributed by atoms with van der Waals surface area (Å²) in [5, 5.41) is 9.59. The number of rotatable bonds is 12. The van der Waals surface area contributed by atoms with Gasteiger partial charge in [0.1, 0.15) is 22.3 Å². The van der Waals surface area contributed by atoms with Crippen molar-refractivity contribution in [2.75, 3.05) is 37.6 Å². The normalized spacial score (nSPS) is 19.4. The van der Waals surface area contributed by atoms with Crippen LogP contribution in [0.4, 0.5) is 19.0 Å². The van der Waals surface area contributed by atoms with Gasteiger partial charge in [0.2, 0.25) is 0 Å². The number of hydrogen-bond donors (Lipinski definition) is 1. The van der Waals surface area contributed by atoms with Crippen LogP contribution < -0.4 is 9.64 Å². The van der Waals surface area contributed by atoms with Gasteiger partial charge in [-0.25, -0.2) is 15.0 Å². The zero-order chi connectivity index (χ0) is 33.9. The number of carbonyl (C=O) groups is 2. The number of benzene rings is 1. The highest BCUT2D eigenvalue weighted by atomic mass is 32.1. The molecule has 0 unspecified atom stereocenters. The summed E-state index contributed by atoms with van der Waals surface area (Å²) >= 11 is 1.35. The maximum atomic E-state index is 14.1. The number of piperazine rings is 1. The van der Waals surface area contributed by atoms with Crippen molar-refractivity contribution in [3.8, 4) is 17.0 Å². The molecule has 2 fully saturated rings. The highest BCUT2D eigenvalue weighted by molar-refractivity contribution is 7.12. The lowest BCUT2D eigenvalue weighted by Gasteiger charge is -2.39. The Bertz CT molecular complexity index is 1560. The number of aliphatic carboxylic acids is 1. The van der Waals surface area contributed by atoms with Gasteiger partial charge in [-0.2, -0.15) is 13.2 Å². The maximum Gasteiger partial charge on any atom is 0.419 e. The largest absolute Gasteiger partial charge is 0.490 e. The van der Waals surface area contributed by atoms with Crippen LogP contribution >= 0.6 is 11.3 Å². The number of carbonyl (C=O) groups excluding carboxylic acids is 1. The maximum absolute atomic E-state index is 14.1. The van der Waals surface area contributed by atoms with Crippen molar-refractivity contribution in [1.82, 2.24) is 24.8 Å². The van der Waals surface area contributed by atoms with E-state index in [-0.39, 0.29) is 36.2 Å². The first-order valence-corrected chi connectivity index (χ1v) is 16.8. The molecule has 47 heavy (non-hydrogen) atoms. The molecule has 2 saturated heterocycles. The Labute approximate surface area is 276 Å². The predicted octanol–water partition coefficient (Wildman–Crippen LogP) is 5.80. The SMILES string of the molecule is CC[C@@H]1CCCN1Cc1sc(CC(=O)c2cnc(N3CCN(CC(=O)O)C[C@H]3C)cn2)nc1-c1ccc(OC(C)C)c(C(F)(F)F)c1. The van der Waals surface area contributed by atoms with E-state index in [4.69, 9.17) is 14.8 Å². The molecule has 254 valence electrons. The molecule has 4 heterocycles. The van der Waals surface area contributed by atoms with Crippen molar-refractivity contribution in [3.05, 3.63) is 51.7 Å². The minimum Gasteiger partial charge on any atom is -0.490 e. The van der Waals surface area contributed by atoms with E-state index in [1.54, 1.807) is 26.1 Å². The highest BCUT2D eigenvalue weighted by Crippen LogP contribution is 2.41. The van der Waals surface area contributed by atoms with E-state index in [9.17, 15) is 22.8 Å². The zero-order valence-electron chi connectivity index (χ0n) is 27.1. The van der Waals surface area contributed by atoms with Crippen molar-refractivity contribution in [1.29, 1.82) is 0 Å². The van der Waals surface area contributed by atoms with E-state index < -0.39 is 23.8 Å². The number of anilines is 1. The molecule has 0 radical (unpaired) electrons. The molecule has 2 aliphatic rings. The third kappa shape index (κ3) is 8.46. The Balaban J connectivity index is 1.38. The van der Waals surface area contributed by atoms with E-state index in [0.29, 0.717) is 54.3 Å². The van der Waals surface area contributed by atoms with Crippen molar-refractivity contribution in [3.63, 3.8) is 0 Å². The molecule has 0 bridgehead atoms. The van der Waals surface area contributed by atoms with Crippen LogP contribution in [0.25, 0.3) is 11.3 Å². The van der Waals surface area contributed by atoms with Crippen LogP contribution in [0, 0.1) is 0 Å². The number of likely N-dealkylation sites (tertiary alicyclic amines) is 1. The Morgan fingerprint density at radius 1 is 1.15 bits per heavy atom. The molecule has 10 nitrogen and oxygen atoms in total. The molecule has 14 heteroatoms. The van der Waals surface area contributed by atoms with Gasteiger partial charge in [0.15, 0.2) is 5.78 Å². The summed E-state index contributed by atoms with van der Waals surface area (Å²) in [6, 6.07) is 4.44. The van der Waals surface area contributed by atoms with E-state index in [1.165, 1.54) is 23.6 Å². The van der Waals surface area contributed by atoms with E-state index in [0.717, 1.165) is 36.8 Å². The number of halogens is 3. The lowest BCUT2D eigenvalue weighted by atomic mass is 10.0. The number of ether oxygens (including phenoxy) is 1. The zero-order valence-corrected chi connectivity index (χ0v) is 27.9. The monoisotopic (exact) mass is 674 g/mol. The fraction of sp³-hybridized carbons (Fsp3) is 0.545.